The lowest BCUT2D eigenvalue weighted by Crippen LogP contribution is -2.46. The van der Waals surface area contributed by atoms with E-state index in [2.05, 4.69) is 38.2 Å². The predicted molar refractivity (Wildman–Crippen MR) is 67.8 cm³/mol. The first-order valence-electron chi connectivity index (χ1n) is 6.18. The van der Waals surface area contributed by atoms with Gasteiger partial charge in [0, 0.05) is 12.1 Å². The Labute approximate surface area is 103 Å². The van der Waals surface area contributed by atoms with Crippen LogP contribution in [0, 0.1) is 0 Å². The lowest BCUT2D eigenvalue weighted by atomic mass is 9.90. The summed E-state index contributed by atoms with van der Waals surface area (Å²) < 4.78 is 5.09. The number of hydrogen-bond donors (Lipinski definition) is 2. The zero-order valence-corrected chi connectivity index (χ0v) is 10.7. The topological polar surface area (TPSA) is 41.5 Å². The minimum atomic E-state index is -0.770. The average molecular weight is 235 g/mol. The van der Waals surface area contributed by atoms with Crippen LogP contribution in [0.2, 0.25) is 0 Å². The van der Waals surface area contributed by atoms with Gasteiger partial charge in [0.2, 0.25) is 0 Å². The second-order valence-electron chi connectivity index (χ2n) is 5.19. The fourth-order valence-corrected chi connectivity index (χ4v) is 2.16. The molecule has 2 N–H and O–H groups in total. The van der Waals surface area contributed by atoms with E-state index in [4.69, 9.17) is 4.74 Å². The van der Waals surface area contributed by atoms with Crippen LogP contribution in [0.15, 0.2) is 24.3 Å². The van der Waals surface area contributed by atoms with Crippen LogP contribution in [0.5, 0.6) is 0 Å². The molecule has 0 bridgehead atoms. The molecule has 0 saturated carbocycles. The van der Waals surface area contributed by atoms with Crippen molar-refractivity contribution in [3.05, 3.63) is 35.4 Å². The Morgan fingerprint density at radius 1 is 1.29 bits per heavy atom. The molecule has 1 aromatic rings. The number of aliphatic hydroxyl groups is 1. The van der Waals surface area contributed by atoms with E-state index in [0.717, 1.165) is 5.56 Å². The summed E-state index contributed by atoms with van der Waals surface area (Å²) >= 11 is 0. The monoisotopic (exact) mass is 235 g/mol. The molecule has 1 atom stereocenters. The van der Waals surface area contributed by atoms with Crippen molar-refractivity contribution in [3.63, 3.8) is 0 Å². The van der Waals surface area contributed by atoms with Gasteiger partial charge < -0.3 is 15.2 Å². The Morgan fingerprint density at radius 2 is 2.00 bits per heavy atom. The van der Waals surface area contributed by atoms with Gasteiger partial charge in [0.05, 0.1) is 13.2 Å². The molecule has 1 aliphatic rings. The summed E-state index contributed by atoms with van der Waals surface area (Å²) in [6, 6.07) is 8.87. The molecule has 2 rings (SSSR count). The number of rotatable bonds is 4. The standard InChI is InChI=1S/C14H21NO2/c1-10(2)15-11(3)12-5-4-6-13(7-12)14(16)8-17-9-14/h4-7,10-11,15-16H,8-9H2,1-3H3/t11-/m1/s1. The maximum absolute atomic E-state index is 10.2. The van der Waals surface area contributed by atoms with Crippen molar-refractivity contribution in [1.82, 2.24) is 5.32 Å². The molecule has 17 heavy (non-hydrogen) atoms. The highest BCUT2D eigenvalue weighted by Crippen LogP contribution is 2.30. The molecule has 0 aromatic heterocycles. The molecule has 0 aliphatic carbocycles. The van der Waals surface area contributed by atoms with Crippen molar-refractivity contribution < 1.29 is 9.84 Å². The van der Waals surface area contributed by atoms with Crippen molar-refractivity contribution in [1.29, 1.82) is 0 Å². The third kappa shape index (κ3) is 2.68. The van der Waals surface area contributed by atoms with Gasteiger partial charge in [-0.1, -0.05) is 38.1 Å². The van der Waals surface area contributed by atoms with E-state index in [0.29, 0.717) is 25.3 Å². The fraction of sp³-hybridized carbons (Fsp3) is 0.571. The van der Waals surface area contributed by atoms with Crippen LogP contribution in [-0.4, -0.2) is 24.4 Å². The zero-order chi connectivity index (χ0) is 12.5. The molecule has 0 unspecified atom stereocenters. The summed E-state index contributed by atoms with van der Waals surface area (Å²) in [5.74, 6) is 0. The van der Waals surface area contributed by atoms with Crippen LogP contribution in [0.25, 0.3) is 0 Å². The molecule has 0 radical (unpaired) electrons. The van der Waals surface area contributed by atoms with Crippen molar-refractivity contribution >= 4 is 0 Å². The molecule has 1 aliphatic heterocycles. The van der Waals surface area contributed by atoms with Gasteiger partial charge in [-0.05, 0) is 18.1 Å². The summed E-state index contributed by atoms with van der Waals surface area (Å²) in [6.45, 7) is 7.21. The summed E-state index contributed by atoms with van der Waals surface area (Å²) in [4.78, 5) is 0. The van der Waals surface area contributed by atoms with Crippen LogP contribution in [-0.2, 0) is 10.3 Å². The van der Waals surface area contributed by atoms with E-state index in [1.165, 1.54) is 5.56 Å². The van der Waals surface area contributed by atoms with Gasteiger partial charge in [-0.25, -0.2) is 0 Å². The van der Waals surface area contributed by atoms with E-state index >= 15 is 0 Å². The SMILES string of the molecule is CC(C)N[C@H](C)c1cccc(C2(O)COC2)c1. The van der Waals surface area contributed by atoms with Crippen molar-refractivity contribution in [3.8, 4) is 0 Å². The van der Waals surface area contributed by atoms with Gasteiger partial charge in [-0.2, -0.15) is 0 Å². The van der Waals surface area contributed by atoms with Crippen molar-refractivity contribution in [2.24, 2.45) is 0 Å². The summed E-state index contributed by atoms with van der Waals surface area (Å²) in [6.07, 6.45) is 0. The molecule has 1 aromatic carbocycles. The van der Waals surface area contributed by atoms with Crippen molar-refractivity contribution in [2.45, 2.75) is 38.5 Å². The van der Waals surface area contributed by atoms with Gasteiger partial charge in [-0.3, -0.25) is 0 Å². The maximum atomic E-state index is 10.2. The van der Waals surface area contributed by atoms with E-state index < -0.39 is 5.60 Å². The highest BCUT2D eigenvalue weighted by molar-refractivity contribution is 5.31. The van der Waals surface area contributed by atoms with Crippen molar-refractivity contribution in [2.75, 3.05) is 13.2 Å². The van der Waals surface area contributed by atoms with Crippen LogP contribution in [0.3, 0.4) is 0 Å². The predicted octanol–water partition coefficient (Wildman–Crippen LogP) is 1.96. The minimum Gasteiger partial charge on any atom is -0.380 e. The molecular formula is C14H21NO2. The molecule has 1 heterocycles. The summed E-state index contributed by atoms with van der Waals surface area (Å²) in [7, 11) is 0. The van der Waals surface area contributed by atoms with Crippen LogP contribution >= 0.6 is 0 Å². The zero-order valence-electron chi connectivity index (χ0n) is 10.7. The number of ether oxygens (including phenoxy) is 1. The average Bonchev–Trinajstić information content (AvgIpc) is 2.25. The lowest BCUT2D eigenvalue weighted by molar-refractivity contribution is -0.184. The molecule has 1 fully saturated rings. The highest BCUT2D eigenvalue weighted by Gasteiger charge is 2.38. The first-order valence-corrected chi connectivity index (χ1v) is 6.18. The Morgan fingerprint density at radius 3 is 2.53 bits per heavy atom. The van der Waals surface area contributed by atoms with Crippen LogP contribution < -0.4 is 5.32 Å². The second kappa shape index (κ2) is 4.77. The van der Waals surface area contributed by atoms with Crippen LogP contribution in [0.4, 0.5) is 0 Å². The van der Waals surface area contributed by atoms with Gasteiger partial charge in [0.25, 0.3) is 0 Å². The fourth-order valence-electron chi connectivity index (χ4n) is 2.16. The normalized spacial score (nSPS) is 20.1. The van der Waals surface area contributed by atoms with Gasteiger partial charge in [0.1, 0.15) is 5.60 Å². The van der Waals surface area contributed by atoms with E-state index in [-0.39, 0.29) is 0 Å². The molecule has 1 saturated heterocycles. The Hall–Kier alpha value is -0.900. The molecule has 0 spiro atoms. The van der Waals surface area contributed by atoms with Crippen LogP contribution in [0.1, 0.15) is 37.9 Å². The van der Waals surface area contributed by atoms with Gasteiger partial charge in [0.15, 0.2) is 0 Å². The third-order valence-electron chi connectivity index (χ3n) is 3.19. The third-order valence-corrected chi connectivity index (χ3v) is 3.19. The molecular weight excluding hydrogens is 214 g/mol. The Balaban J connectivity index is 2.16. The largest absolute Gasteiger partial charge is 0.380 e. The minimum absolute atomic E-state index is 0.291. The lowest BCUT2D eigenvalue weighted by Gasteiger charge is -2.37. The molecule has 3 heteroatoms. The molecule has 3 nitrogen and oxygen atoms in total. The Kier molecular flexibility index (Phi) is 3.52. The first kappa shape index (κ1) is 12.6. The molecule has 0 amide bonds. The summed E-state index contributed by atoms with van der Waals surface area (Å²) in [5.41, 5.74) is 1.39. The molecule has 94 valence electrons. The quantitative estimate of drug-likeness (QED) is 0.838. The van der Waals surface area contributed by atoms with E-state index in [1.54, 1.807) is 0 Å². The van der Waals surface area contributed by atoms with Gasteiger partial charge in [-0.15, -0.1) is 0 Å². The highest BCUT2D eigenvalue weighted by atomic mass is 16.5. The number of benzene rings is 1. The van der Waals surface area contributed by atoms with Gasteiger partial charge >= 0.3 is 0 Å². The first-order chi connectivity index (χ1) is 8.01. The smallest absolute Gasteiger partial charge is 0.136 e. The Bertz CT molecular complexity index is 386. The van der Waals surface area contributed by atoms with E-state index in [1.807, 2.05) is 12.1 Å². The summed E-state index contributed by atoms with van der Waals surface area (Å²) in [5, 5.41) is 13.7. The van der Waals surface area contributed by atoms with E-state index in [9.17, 15) is 5.11 Å². The number of hydrogen-bond acceptors (Lipinski definition) is 3. The second-order valence-corrected chi connectivity index (χ2v) is 5.19. The maximum Gasteiger partial charge on any atom is 0.136 e. The number of nitrogens with one attached hydrogen (secondary N) is 1.